The Kier molecular flexibility index (Phi) is 8.69. The topological polar surface area (TPSA) is 18.5 Å². The predicted octanol–water partition coefficient (Wildman–Crippen LogP) is 7.66. The quantitative estimate of drug-likeness (QED) is 0.336. The molecule has 0 heterocycles. The Morgan fingerprint density at radius 3 is 1.50 bits per heavy atom. The molecule has 0 radical (unpaired) electrons. The van der Waals surface area contributed by atoms with Crippen molar-refractivity contribution in [3.63, 3.8) is 0 Å². The van der Waals surface area contributed by atoms with Gasteiger partial charge in [0.2, 0.25) is 0 Å². The Labute approximate surface area is 198 Å². The van der Waals surface area contributed by atoms with Crippen LogP contribution in [0.25, 0.3) is 10.8 Å². The van der Waals surface area contributed by atoms with Crippen LogP contribution in [0.3, 0.4) is 0 Å². The highest BCUT2D eigenvalue weighted by molar-refractivity contribution is 6.58. The molecule has 2 atom stereocenters. The summed E-state index contributed by atoms with van der Waals surface area (Å²) in [4.78, 5) is 0. The fourth-order valence-corrected chi connectivity index (χ4v) is 9.61. The predicted molar refractivity (Wildman–Crippen MR) is 143 cm³/mol. The third-order valence-corrected chi connectivity index (χ3v) is 11.9. The third kappa shape index (κ3) is 6.61. The molecule has 2 aliphatic carbocycles. The third-order valence-electron chi connectivity index (χ3n) is 7.46. The standard InChI is InChI=1S/C28H40O2Si2/c1-3-31(21-23-11-7-5-8-12-23)29-27-17-15-25-16-18-28(20-26(25)19-27)30-32(4-2)22-24-13-9-6-10-14-24/h3-4,15-20,23-24,31-32H,1-2,5-14,21-22H2. The summed E-state index contributed by atoms with van der Waals surface area (Å²) in [6, 6.07) is 15.4. The van der Waals surface area contributed by atoms with E-state index in [4.69, 9.17) is 8.85 Å². The molecular formula is C28H40O2Si2. The van der Waals surface area contributed by atoms with E-state index in [1.807, 2.05) is 0 Å². The van der Waals surface area contributed by atoms with E-state index in [9.17, 15) is 0 Å². The minimum absolute atomic E-state index is 0.837. The lowest BCUT2D eigenvalue weighted by Gasteiger charge is -2.25. The molecule has 2 aromatic rings. The van der Waals surface area contributed by atoms with Crippen molar-refractivity contribution in [3.05, 3.63) is 61.0 Å². The summed E-state index contributed by atoms with van der Waals surface area (Å²) < 4.78 is 13.0. The van der Waals surface area contributed by atoms with Crippen molar-refractivity contribution in [2.75, 3.05) is 0 Å². The average Bonchev–Trinajstić information content (AvgIpc) is 2.84. The Morgan fingerprint density at radius 1 is 0.656 bits per heavy atom. The van der Waals surface area contributed by atoms with Gasteiger partial charge in [0.25, 0.3) is 18.1 Å². The Morgan fingerprint density at radius 2 is 1.09 bits per heavy atom. The maximum absolute atomic E-state index is 6.49. The van der Waals surface area contributed by atoms with E-state index in [-0.39, 0.29) is 0 Å². The molecule has 2 aromatic carbocycles. The lowest BCUT2D eigenvalue weighted by atomic mass is 9.91. The summed E-state index contributed by atoms with van der Waals surface area (Å²) in [5.41, 5.74) is 4.23. The summed E-state index contributed by atoms with van der Waals surface area (Å²) in [6.07, 6.45) is 13.8. The Hall–Kier alpha value is -1.79. The van der Waals surface area contributed by atoms with Gasteiger partial charge in [-0.2, -0.15) is 0 Å². The van der Waals surface area contributed by atoms with Gasteiger partial charge < -0.3 is 8.85 Å². The molecule has 2 saturated carbocycles. The summed E-state index contributed by atoms with van der Waals surface area (Å²) in [6.45, 7) is 8.20. The zero-order valence-corrected chi connectivity index (χ0v) is 22.0. The second-order valence-electron chi connectivity index (χ2n) is 9.93. The van der Waals surface area contributed by atoms with E-state index in [0.29, 0.717) is 0 Å². The monoisotopic (exact) mass is 464 g/mol. The number of fused-ring (bicyclic) bond motifs is 1. The van der Waals surface area contributed by atoms with Gasteiger partial charge in [-0.05, 0) is 59.0 Å². The highest BCUT2D eigenvalue weighted by Crippen LogP contribution is 2.31. The average molecular weight is 465 g/mol. The first-order chi connectivity index (χ1) is 15.7. The molecule has 0 bridgehead atoms. The van der Waals surface area contributed by atoms with E-state index in [0.717, 1.165) is 23.3 Å². The number of hydrogen-bond donors (Lipinski definition) is 0. The first-order valence-electron chi connectivity index (χ1n) is 12.9. The number of benzene rings is 2. The van der Waals surface area contributed by atoms with Gasteiger partial charge in [-0.1, -0.05) is 87.7 Å². The minimum Gasteiger partial charge on any atom is -0.543 e. The van der Waals surface area contributed by atoms with Crippen LogP contribution in [0.4, 0.5) is 0 Å². The molecule has 0 aromatic heterocycles. The fourth-order valence-electron chi connectivity index (χ4n) is 5.59. The van der Waals surface area contributed by atoms with Crippen molar-refractivity contribution < 1.29 is 8.85 Å². The fraction of sp³-hybridized carbons (Fsp3) is 0.500. The maximum Gasteiger partial charge on any atom is 0.259 e. The molecule has 0 amide bonds. The SMILES string of the molecule is C=C[SiH](CC1CCCCC1)Oc1ccc2ccc(O[SiH](C=C)CC3CCCCC3)cc2c1. The van der Waals surface area contributed by atoms with Crippen LogP contribution < -0.4 is 8.85 Å². The molecule has 2 aliphatic rings. The van der Waals surface area contributed by atoms with Crippen LogP contribution in [0.1, 0.15) is 64.2 Å². The van der Waals surface area contributed by atoms with Crippen LogP contribution in [-0.4, -0.2) is 18.1 Å². The van der Waals surface area contributed by atoms with Crippen molar-refractivity contribution in [3.8, 4) is 11.5 Å². The van der Waals surface area contributed by atoms with Crippen molar-refractivity contribution in [2.45, 2.75) is 76.3 Å². The largest absolute Gasteiger partial charge is 0.543 e. The molecule has 0 saturated heterocycles. The zero-order valence-electron chi connectivity index (χ0n) is 19.6. The van der Waals surface area contributed by atoms with Gasteiger partial charge in [-0.15, -0.1) is 13.2 Å². The lowest BCUT2D eigenvalue weighted by molar-refractivity contribution is 0.375. The van der Waals surface area contributed by atoms with E-state index >= 15 is 0 Å². The first-order valence-corrected chi connectivity index (χ1v) is 16.8. The molecule has 0 aliphatic heterocycles. The summed E-state index contributed by atoms with van der Waals surface area (Å²) in [7, 11) is -2.86. The van der Waals surface area contributed by atoms with Crippen molar-refractivity contribution in [1.82, 2.24) is 0 Å². The van der Waals surface area contributed by atoms with Crippen LogP contribution in [0.15, 0.2) is 61.0 Å². The van der Waals surface area contributed by atoms with Gasteiger partial charge in [-0.3, -0.25) is 0 Å². The van der Waals surface area contributed by atoms with Gasteiger partial charge in [0, 0.05) is 0 Å². The van der Waals surface area contributed by atoms with Crippen LogP contribution >= 0.6 is 0 Å². The van der Waals surface area contributed by atoms with Gasteiger partial charge in [0.15, 0.2) is 0 Å². The van der Waals surface area contributed by atoms with Crippen LogP contribution in [0, 0.1) is 11.8 Å². The Balaban J connectivity index is 1.41. The van der Waals surface area contributed by atoms with Crippen molar-refractivity contribution in [1.29, 1.82) is 0 Å². The van der Waals surface area contributed by atoms with Crippen LogP contribution in [0.2, 0.25) is 12.1 Å². The smallest absolute Gasteiger partial charge is 0.259 e. The van der Waals surface area contributed by atoms with Gasteiger partial charge in [0.05, 0.1) is 0 Å². The molecule has 4 heteroatoms. The number of hydrogen-bond acceptors (Lipinski definition) is 2. The lowest BCUT2D eigenvalue weighted by Crippen LogP contribution is -2.24. The molecule has 4 rings (SSSR count). The van der Waals surface area contributed by atoms with E-state index < -0.39 is 18.1 Å². The molecule has 172 valence electrons. The molecule has 2 nitrogen and oxygen atoms in total. The Bertz CT molecular complexity index is 815. The van der Waals surface area contributed by atoms with Gasteiger partial charge >= 0.3 is 0 Å². The van der Waals surface area contributed by atoms with Gasteiger partial charge in [-0.25, -0.2) is 0 Å². The normalized spacial score (nSPS) is 19.9. The highest BCUT2D eigenvalue weighted by Gasteiger charge is 2.21. The molecule has 32 heavy (non-hydrogen) atoms. The maximum atomic E-state index is 6.49. The first kappa shape index (κ1) is 23.4. The van der Waals surface area contributed by atoms with E-state index in [1.165, 1.54) is 87.1 Å². The second-order valence-corrected chi connectivity index (χ2v) is 14.4. The molecular weight excluding hydrogens is 424 g/mol. The van der Waals surface area contributed by atoms with Gasteiger partial charge in [0.1, 0.15) is 11.5 Å². The zero-order chi connectivity index (χ0) is 22.2. The van der Waals surface area contributed by atoms with Crippen LogP contribution in [-0.2, 0) is 0 Å². The highest BCUT2D eigenvalue weighted by atomic mass is 28.3. The molecule has 2 unspecified atom stereocenters. The molecule has 2 fully saturated rings. The molecule has 0 N–H and O–H groups in total. The summed E-state index contributed by atoms with van der Waals surface area (Å²) in [5.74, 6) is 3.65. The van der Waals surface area contributed by atoms with Crippen LogP contribution in [0.5, 0.6) is 11.5 Å². The van der Waals surface area contributed by atoms with E-state index in [1.54, 1.807) is 0 Å². The summed E-state index contributed by atoms with van der Waals surface area (Å²) in [5, 5.41) is 2.43. The number of rotatable bonds is 10. The second kappa shape index (κ2) is 11.9. The molecule has 0 spiro atoms. The van der Waals surface area contributed by atoms with Crippen molar-refractivity contribution >= 4 is 28.9 Å². The van der Waals surface area contributed by atoms with Crippen molar-refractivity contribution in [2.24, 2.45) is 11.8 Å². The summed E-state index contributed by atoms with van der Waals surface area (Å²) >= 11 is 0. The van der Waals surface area contributed by atoms with E-state index in [2.05, 4.69) is 61.0 Å². The minimum atomic E-state index is -1.43.